The number of carbonyl (C=O) groups is 1. The fraction of sp³-hybridized carbons (Fsp3) is 0.389. The van der Waals surface area contributed by atoms with Gasteiger partial charge in [-0.05, 0) is 26.0 Å². The molecule has 1 N–H and O–H groups in total. The lowest BCUT2D eigenvalue weighted by Gasteiger charge is -2.35. The lowest BCUT2D eigenvalue weighted by atomic mass is 10.1. The van der Waals surface area contributed by atoms with E-state index >= 15 is 0 Å². The highest BCUT2D eigenvalue weighted by atomic mass is 32.1. The maximum absolute atomic E-state index is 12.2. The number of hydrogen-bond donors (Lipinski definition) is 1. The maximum Gasteiger partial charge on any atom is 0.259 e. The predicted octanol–water partition coefficient (Wildman–Crippen LogP) is 2.11. The molecule has 1 aliphatic rings. The quantitative estimate of drug-likeness (QED) is 0.696. The van der Waals surface area contributed by atoms with E-state index in [1.54, 1.807) is 17.8 Å². The Hall–Kier alpha value is -2.85. The number of anilines is 2. The molecule has 0 aliphatic carbocycles. The molecule has 9 nitrogen and oxygen atoms in total. The molecule has 0 saturated carbocycles. The molecular weight excluding hydrogens is 378 g/mol. The summed E-state index contributed by atoms with van der Waals surface area (Å²) in [5.41, 5.74) is 4.21. The SMILES string of the molecule is Cc1noc(C)c1CN1CCN(c2ccc(C(=O)Nc3nncs3)cn2)CC1. The lowest BCUT2D eigenvalue weighted by molar-refractivity contribution is 0.102. The summed E-state index contributed by atoms with van der Waals surface area (Å²) in [5.74, 6) is 1.54. The van der Waals surface area contributed by atoms with Crippen molar-refractivity contribution in [3.05, 3.63) is 46.4 Å². The molecule has 3 aromatic rings. The topological polar surface area (TPSA) is 100 Å². The number of carbonyl (C=O) groups excluding carboxylic acids is 1. The van der Waals surface area contributed by atoms with Crippen molar-refractivity contribution in [3.63, 3.8) is 0 Å². The highest BCUT2D eigenvalue weighted by Gasteiger charge is 2.21. The number of hydrogen-bond acceptors (Lipinski definition) is 9. The monoisotopic (exact) mass is 399 g/mol. The van der Waals surface area contributed by atoms with Crippen LogP contribution in [0.1, 0.15) is 27.4 Å². The van der Waals surface area contributed by atoms with Crippen molar-refractivity contribution in [2.24, 2.45) is 0 Å². The summed E-state index contributed by atoms with van der Waals surface area (Å²) in [7, 11) is 0. The van der Waals surface area contributed by atoms with Crippen LogP contribution in [0.3, 0.4) is 0 Å². The summed E-state index contributed by atoms with van der Waals surface area (Å²) in [6, 6.07) is 3.67. The van der Waals surface area contributed by atoms with Gasteiger partial charge in [0.05, 0.1) is 11.3 Å². The zero-order chi connectivity index (χ0) is 19.5. The molecule has 10 heteroatoms. The van der Waals surface area contributed by atoms with E-state index in [0.29, 0.717) is 10.7 Å². The molecule has 28 heavy (non-hydrogen) atoms. The van der Waals surface area contributed by atoms with Crippen molar-refractivity contribution in [1.82, 2.24) is 25.2 Å². The van der Waals surface area contributed by atoms with Gasteiger partial charge in [0.15, 0.2) is 0 Å². The van der Waals surface area contributed by atoms with Crippen LogP contribution in [-0.4, -0.2) is 57.3 Å². The first-order valence-electron chi connectivity index (χ1n) is 9.03. The van der Waals surface area contributed by atoms with E-state index < -0.39 is 0 Å². The molecule has 1 aliphatic heterocycles. The van der Waals surface area contributed by atoms with E-state index in [-0.39, 0.29) is 5.91 Å². The van der Waals surface area contributed by atoms with Gasteiger partial charge in [-0.15, -0.1) is 10.2 Å². The second-order valence-corrected chi connectivity index (χ2v) is 7.50. The summed E-state index contributed by atoms with van der Waals surface area (Å²) in [5, 5.41) is 14.7. The molecule has 4 rings (SSSR count). The minimum absolute atomic E-state index is 0.236. The molecule has 1 saturated heterocycles. The predicted molar refractivity (Wildman–Crippen MR) is 106 cm³/mol. The first-order chi connectivity index (χ1) is 13.6. The summed E-state index contributed by atoms with van der Waals surface area (Å²) >= 11 is 1.28. The van der Waals surface area contributed by atoms with E-state index in [1.807, 2.05) is 19.9 Å². The van der Waals surface area contributed by atoms with Gasteiger partial charge in [0.2, 0.25) is 5.13 Å². The van der Waals surface area contributed by atoms with Gasteiger partial charge in [0, 0.05) is 44.5 Å². The summed E-state index contributed by atoms with van der Waals surface area (Å²) in [6.45, 7) is 8.43. The molecule has 0 spiro atoms. The van der Waals surface area contributed by atoms with Crippen molar-refractivity contribution >= 4 is 28.2 Å². The van der Waals surface area contributed by atoms with Crippen molar-refractivity contribution in [3.8, 4) is 0 Å². The second-order valence-electron chi connectivity index (χ2n) is 6.67. The molecule has 0 atom stereocenters. The number of piperazine rings is 1. The van der Waals surface area contributed by atoms with E-state index in [0.717, 1.165) is 50.0 Å². The van der Waals surface area contributed by atoms with Crippen LogP contribution in [0.15, 0.2) is 28.4 Å². The van der Waals surface area contributed by atoms with Crippen LogP contribution < -0.4 is 10.2 Å². The number of nitrogens with one attached hydrogen (secondary N) is 1. The first-order valence-corrected chi connectivity index (χ1v) is 9.91. The average Bonchev–Trinajstić information content (AvgIpc) is 3.34. The fourth-order valence-corrected chi connectivity index (χ4v) is 3.63. The average molecular weight is 399 g/mol. The van der Waals surface area contributed by atoms with E-state index in [4.69, 9.17) is 4.52 Å². The molecule has 0 unspecified atom stereocenters. The number of aryl methyl sites for hydroxylation is 2. The number of aromatic nitrogens is 4. The van der Waals surface area contributed by atoms with Crippen LogP contribution >= 0.6 is 11.3 Å². The van der Waals surface area contributed by atoms with Crippen molar-refractivity contribution < 1.29 is 9.32 Å². The summed E-state index contributed by atoms with van der Waals surface area (Å²) < 4.78 is 5.25. The van der Waals surface area contributed by atoms with Gasteiger partial charge in [-0.2, -0.15) is 0 Å². The van der Waals surface area contributed by atoms with E-state index in [1.165, 1.54) is 16.9 Å². The van der Waals surface area contributed by atoms with Crippen LogP contribution in [0.4, 0.5) is 10.9 Å². The van der Waals surface area contributed by atoms with Crippen molar-refractivity contribution in [1.29, 1.82) is 0 Å². The third-order valence-electron chi connectivity index (χ3n) is 4.85. The van der Waals surface area contributed by atoms with Crippen LogP contribution in [0.5, 0.6) is 0 Å². The minimum Gasteiger partial charge on any atom is -0.361 e. The largest absolute Gasteiger partial charge is 0.361 e. The van der Waals surface area contributed by atoms with Gasteiger partial charge >= 0.3 is 0 Å². The molecule has 4 heterocycles. The van der Waals surface area contributed by atoms with Gasteiger partial charge in [-0.25, -0.2) is 4.98 Å². The molecule has 0 aromatic carbocycles. The molecule has 1 amide bonds. The Balaban J connectivity index is 1.32. The van der Waals surface area contributed by atoms with Crippen molar-refractivity contribution in [2.45, 2.75) is 20.4 Å². The van der Waals surface area contributed by atoms with Gasteiger partial charge in [-0.3, -0.25) is 15.0 Å². The number of pyridine rings is 1. The normalized spacial score (nSPS) is 15.0. The molecular formula is C18H21N7O2S. The fourth-order valence-electron chi connectivity index (χ4n) is 3.19. The highest BCUT2D eigenvalue weighted by molar-refractivity contribution is 7.13. The summed E-state index contributed by atoms with van der Waals surface area (Å²) in [6.07, 6.45) is 1.60. The number of amides is 1. The molecule has 0 radical (unpaired) electrons. The molecule has 0 bridgehead atoms. The third kappa shape index (κ3) is 4.02. The van der Waals surface area contributed by atoms with Crippen LogP contribution in [0.25, 0.3) is 0 Å². The first kappa shape index (κ1) is 18.5. The van der Waals surface area contributed by atoms with Crippen LogP contribution in [-0.2, 0) is 6.54 Å². The van der Waals surface area contributed by atoms with Gasteiger partial charge < -0.3 is 9.42 Å². The lowest BCUT2D eigenvalue weighted by Crippen LogP contribution is -2.46. The van der Waals surface area contributed by atoms with Crippen LogP contribution in [0.2, 0.25) is 0 Å². The Labute approximate surface area is 166 Å². The van der Waals surface area contributed by atoms with Crippen LogP contribution in [0, 0.1) is 13.8 Å². The Bertz CT molecular complexity index is 912. The molecule has 146 valence electrons. The zero-order valence-electron chi connectivity index (χ0n) is 15.8. The number of rotatable bonds is 5. The standard InChI is InChI=1S/C18H21N7O2S/c1-12-15(13(2)27-23-12)10-24-5-7-25(8-6-24)16-4-3-14(9-19-16)17(26)21-18-22-20-11-28-18/h3-4,9,11H,5-8,10H2,1-2H3,(H,21,22,26). The Kier molecular flexibility index (Phi) is 5.31. The molecule has 1 fully saturated rings. The third-order valence-corrected chi connectivity index (χ3v) is 5.46. The molecule has 3 aromatic heterocycles. The Morgan fingerprint density at radius 2 is 2.07 bits per heavy atom. The van der Waals surface area contributed by atoms with Gasteiger partial charge in [0.1, 0.15) is 17.1 Å². The zero-order valence-corrected chi connectivity index (χ0v) is 16.6. The van der Waals surface area contributed by atoms with E-state index in [9.17, 15) is 4.79 Å². The second kappa shape index (κ2) is 8.03. The van der Waals surface area contributed by atoms with E-state index in [2.05, 4.69) is 35.5 Å². The van der Waals surface area contributed by atoms with Gasteiger partial charge in [0.25, 0.3) is 5.91 Å². The summed E-state index contributed by atoms with van der Waals surface area (Å²) in [4.78, 5) is 21.3. The Morgan fingerprint density at radius 1 is 1.25 bits per heavy atom. The smallest absolute Gasteiger partial charge is 0.259 e. The van der Waals surface area contributed by atoms with Gasteiger partial charge in [-0.1, -0.05) is 16.5 Å². The minimum atomic E-state index is -0.236. The maximum atomic E-state index is 12.2. The highest BCUT2D eigenvalue weighted by Crippen LogP contribution is 2.19. The number of nitrogens with zero attached hydrogens (tertiary/aromatic N) is 6. The van der Waals surface area contributed by atoms with Crippen molar-refractivity contribution in [2.75, 3.05) is 36.4 Å². The Morgan fingerprint density at radius 3 is 2.68 bits per heavy atom.